The summed E-state index contributed by atoms with van der Waals surface area (Å²) < 4.78 is 0. The first-order valence-corrected chi connectivity index (χ1v) is 8.30. The molecule has 0 unspecified atom stereocenters. The molecule has 0 spiro atoms. The Labute approximate surface area is 122 Å². The van der Waals surface area contributed by atoms with Crippen LogP contribution in [-0.4, -0.2) is 25.3 Å². The summed E-state index contributed by atoms with van der Waals surface area (Å²) in [5.41, 5.74) is 2.69. The molecule has 0 N–H and O–H groups in total. The van der Waals surface area contributed by atoms with Gasteiger partial charge < -0.3 is 4.90 Å². The number of hydrogen-bond acceptors (Lipinski definition) is 2. The van der Waals surface area contributed by atoms with Crippen molar-refractivity contribution in [1.29, 1.82) is 0 Å². The Balaban J connectivity index is 1.73. The summed E-state index contributed by atoms with van der Waals surface area (Å²) in [6.07, 6.45) is 12.9. The van der Waals surface area contributed by atoms with Crippen LogP contribution in [0.3, 0.4) is 0 Å². The second kappa shape index (κ2) is 6.92. The molecule has 1 heterocycles. The first kappa shape index (κ1) is 13.7. The monoisotopic (exact) mass is 270 g/mol. The van der Waals surface area contributed by atoms with E-state index < -0.39 is 0 Å². The molecule has 1 saturated heterocycles. The Hall–Kier alpha value is -1.31. The first-order valence-electron chi connectivity index (χ1n) is 8.30. The molecular weight excluding hydrogens is 244 g/mol. The molecule has 1 aromatic rings. The average molecular weight is 270 g/mol. The first-order chi connectivity index (χ1) is 9.93. The van der Waals surface area contributed by atoms with Crippen LogP contribution in [0.1, 0.15) is 56.9 Å². The van der Waals surface area contributed by atoms with Crippen molar-refractivity contribution < 1.29 is 0 Å². The third-order valence-corrected chi connectivity index (χ3v) is 4.63. The van der Waals surface area contributed by atoms with Crippen LogP contribution in [0.2, 0.25) is 0 Å². The van der Waals surface area contributed by atoms with E-state index in [0.717, 1.165) is 0 Å². The highest BCUT2D eigenvalue weighted by atomic mass is 15.1. The average Bonchev–Trinajstić information content (AvgIpc) is 2.55. The molecule has 0 bridgehead atoms. The van der Waals surface area contributed by atoms with E-state index in [2.05, 4.69) is 35.4 Å². The number of nitrogens with zero attached hydrogens (tertiary/aromatic N) is 2. The van der Waals surface area contributed by atoms with Crippen molar-refractivity contribution in [3.63, 3.8) is 0 Å². The van der Waals surface area contributed by atoms with Crippen molar-refractivity contribution in [3.05, 3.63) is 29.8 Å². The summed E-state index contributed by atoms with van der Waals surface area (Å²) in [4.78, 5) is 7.39. The van der Waals surface area contributed by atoms with E-state index >= 15 is 0 Å². The summed E-state index contributed by atoms with van der Waals surface area (Å²) in [7, 11) is 0. The highest BCUT2D eigenvalue weighted by molar-refractivity contribution is 5.88. The van der Waals surface area contributed by atoms with E-state index in [1.165, 1.54) is 75.7 Å². The van der Waals surface area contributed by atoms with E-state index in [9.17, 15) is 0 Å². The number of para-hydroxylation sites is 1. The Morgan fingerprint density at radius 3 is 2.40 bits per heavy atom. The van der Waals surface area contributed by atoms with E-state index in [-0.39, 0.29) is 0 Å². The largest absolute Gasteiger partial charge is 0.371 e. The van der Waals surface area contributed by atoms with E-state index in [1.54, 1.807) is 0 Å². The van der Waals surface area contributed by atoms with Crippen LogP contribution < -0.4 is 4.90 Å². The molecule has 0 amide bonds. The molecule has 3 rings (SSSR count). The zero-order valence-corrected chi connectivity index (χ0v) is 12.4. The Morgan fingerprint density at radius 2 is 1.60 bits per heavy atom. The minimum absolute atomic E-state index is 0.568. The zero-order chi connectivity index (χ0) is 13.6. The zero-order valence-electron chi connectivity index (χ0n) is 12.4. The molecule has 1 aliphatic carbocycles. The van der Waals surface area contributed by atoms with Crippen molar-refractivity contribution in [3.8, 4) is 0 Å². The van der Waals surface area contributed by atoms with Gasteiger partial charge in [-0.3, -0.25) is 4.99 Å². The lowest BCUT2D eigenvalue weighted by atomic mass is 9.96. The number of hydrogen-bond donors (Lipinski definition) is 0. The van der Waals surface area contributed by atoms with Crippen LogP contribution in [0.25, 0.3) is 0 Å². The fourth-order valence-electron chi connectivity index (χ4n) is 3.44. The van der Waals surface area contributed by atoms with Crippen LogP contribution in [0.5, 0.6) is 0 Å². The van der Waals surface area contributed by atoms with Gasteiger partial charge in [0.25, 0.3) is 0 Å². The number of rotatable bonds is 3. The van der Waals surface area contributed by atoms with E-state index in [4.69, 9.17) is 4.99 Å². The van der Waals surface area contributed by atoms with Crippen molar-refractivity contribution in [2.45, 2.75) is 57.4 Å². The highest BCUT2D eigenvalue weighted by Gasteiger charge is 2.14. The minimum atomic E-state index is 0.568. The predicted molar refractivity (Wildman–Crippen MR) is 87.0 cm³/mol. The van der Waals surface area contributed by atoms with Crippen LogP contribution in [0.15, 0.2) is 29.3 Å². The van der Waals surface area contributed by atoms with Crippen LogP contribution in [0.4, 0.5) is 5.69 Å². The summed E-state index contributed by atoms with van der Waals surface area (Å²) in [6.45, 7) is 2.41. The third-order valence-electron chi connectivity index (χ3n) is 4.63. The molecule has 0 atom stereocenters. The smallest absolute Gasteiger partial charge is 0.0499 e. The van der Waals surface area contributed by atoms with Crippen LogP contribution in [-0.2, 0) is 0 Å². The third kappa shape index (κ3) is 3.41. The Kier molecular flexibility index (Phi) is 4.73. The quantitative estimate of drug-likeness (QED) is 0.742. The number of anilines is 1. The Bertz CT molecular complexity index is 440. The normalized spacial score (nSPS) is 21.5. The molecule has 20 heavy (non-hydrogen) atoms. The SMILES string of the molecule is C(=NC1CCCCC1)c1ccccc1N1CCCCC1. The molecule has 2 aliphatic rings. The van der Waals surface area contributed by atoms with Crippen molar-refractivity contribution in [1.82, 2.24) is 0 Å². The molecule has 2 nitrogen and oxygen atoms in total. The molecule has 1 saturated carbocycles. The molecule has 0 radical (unpaired) electrons. The van der Waals surface area contributed by atoms with Gasteiger partial charge in [-0.15, -0.1) is 0 Å². The van der Waals surface area contributed by atoms with Gasteiger partial charge in [0, 0.05) is 36.6 Å². The summed E-state index contributed by atoms with van der Waals surface area (Å²) in [5.74, 6) is 0. The molecule has 108 valence electrons. The van der Waals surface area contributed by atoms with Gasteiger partial charge in [0.15, 0.2) is 0 Å². The maximum absolute atomic E-state index is 4.86. The van der Waals surface area contributed by atoms with Crippen LogP contribution >= 0.6 is 0 Å². The summed E-state index contributed by atoms with van der Waals surface area (Å²) >= 11 is 0. The molecule has 2 heteroatoms. The van der Waals surface area contributed by atoms with Gasteiger partial charge in [0.1, 0.15) is 0 Å². The van der Waals surface area contributed by atoms with Crippen molar-refractivity contribution in [2.75, 3.05) is 18.0 Å². The maximum Gasteiger partial charge on any atom is 0.0499 e. The molecule has 1 aromatic carbocycles. The van der Waals surface area contributed by atoms with Gasteiger partial charge in [0.05, 0.1) is 0 Å². The fraction of sp³-hybridized carbons (Fsp3) is 0.611. The summed E-state index contributed by atoms with van der Waals surface area (Å²) in [5, 5.41) is 0. The fourth-order valence-corrected chi connectivity index (χ4v) is 3.44. The summed E-state index contributed by atoms with van der Waals surface area (Å²) in [6, 6.07) is 9.33. The number of piperidine rings is 1. The highest BCUT2D eigenvalue weighted by Crippen LogP contribution is 2.24. The minimum Gasteiger partial charge on any atom is -0.371 e. The lowest BCUT2D eigenvalue weighted by Gasteiger charge is -2.30. The standard InChI is InChI=1S/C18H26N2/c1-3-10-17(11-4-1)19-15-16-9-5-6-12-18(16)20-13-7-2-8-14-20/h5-6,9,12,15,17H,1-4,7-8,10-11,13-14H2. The van der Waals surface area contributed by atoms with E-state index in [0.29, 0.717) is 6.04 Å². The second-order valence-electron chi connectivity index (χ2n) is 6.18. The Morgan fingerprint density at radius 1 is 0.900 bits per heavy atom. The molecule has 0 aromatic heterocycles. The predicted octanol–water partition coefficient (Wildman–Crippen LogP) is 4.43. The van der Waals surface area contributed by atoms with Crippen LogP contribution in [0, 0.1) is 0 Å². The van der Waals surface area contributed by atoms with Gasteiger partial charge in [-0.1, -0.05) is 37.5 Å². The van der Waals surface area contributed by atoms with E-state index in [1.807, 2.05) is 0 Å². The number of aliphatic imine (C=N–C) groups is 1. The van der Waals surface area contributed by atoms with Crippen molar-refractivity contribution >= 4 is 11.9 Å². The van der Waals surface area contributed by atoms with Gasteiger partial charge in [0.2, 0.25) is 0 Å². The van der Waals surface area contributed by atoms with Gasteiger partial charge in [-0.05, 0) is 38.2 Å². The molecule has 2 fully saturated rings. The lowest BCUT2D eigenvalue weighted by Crippen LogP contribution is -2.30. The van der Waals surface area contributed by atoms with Crippen molar-refractivity contribution in [2.24, 2.45) is 4.99 Å². The van der Waals surface area contributed by atoms with Gasteiger partial charge >= 0.3 is 0 Å². The van der Waals surface area contributed by atoms with Gasteiger partial charge in [-0.25, -0.2) is 0 Å². The lowest BCUT2D eigenvalue weighted by molar-refractivity contribution is 0.444. The molecular formula is C18H26N2. The molecule has 1 aliphatic heterocycles. The maximum atomic E-state index is 4.86. The number of benzene rings is 1. The van der Waals surface area contributed by atoms with Gasteiger partial charge in [-0.2, -0.15) is 0 Å². The second-order valence-corrected chi connectivity index (χ2v) is 6.18. The topological polar surface area (TPSA) is 15.6 Å².